The maximum absolute atomic E-state index is 8.69. The average Bonchev–Trinajstić information content (AvgIpc) is 2.22. The van der Waals surface area contributed by atoms with Gasteiger partial charge in [-0.05, 0) is 19.3 Å². The minimum atomic E-state index is -0.134. The molecule has 0 amide bonds. The molecule has 0 aliphatic rings. The van der Waals surface area contributed by atoms with Gasteiger partial charge in [0.1, 0.15) is 13.2 Å². The van der Waals surface area contributed by atoms with Gasteiger partial charge in [0.05, 0.1) is 6.07 Å². The lowest BCUT2D eigenvalue weighted by molar-refractivity contribution is 0.232. The van der Waals surface area contributed by atoms with E-state index < -0.39 is 0 Å². The molecule has 14 heavy (non-hydrogen) atoms. The number of nitrogens with zero attached hydrogens (tertiary/aromatic N) is 3. The van der Waals surface area contributed by atoms with Gasteiger partial charge >= 0.3 is 0 Å². The summed E-state index contributed by atoms with van der Waals surface area (Å²) < 4.78 is 8.93. The smallest absolute Gasteiger partial charge is 0.286 e. The van der Waals surface area contributed by atoms with E-state index >= 15 is 0 Å². The Balaban J connectivity index is 3.46. The topological polar surface area (TPSA) is 89.8 Å². The predicted octanol–water partition coefficient (Wildman–Crippen LogP) is 1.29. The van der Waals surface area contributed by atoms with Crippen LogP contribution < -0.4 is 0 Å². The highest BCUT2D eigenvalue weighted by Crippen LogP contribution is 2.10. The Labute approximate surface area is 83.1 Å². The molecule has 0 aromatic carbocycles. The summed E-state index contributed by atoms with van der Waals surface area (Å²) in [6.07, 6.45) is 4.97. The highest BCUT2D eigenvalue weighted by Gasteiger charge is 2.07. The van der Waals surface area contributed by atoms with Gasteiger partial charge in [-0.15, -0.1) is 0 Å². The van der Waals surface area contributed by atoms with Crippen molar-refractivity contribution in [3.8, 4) is 18.6 Å². The van der Waals surface area contributed by atoms with Crippen LogP contribution in [0.15, 0.2) is 0 Å². The van der Waals surface area contributed by atoms with Crippen LogP contribution in [0.25, 0.3) is 0 Å². The lowest BCUT2D eigenvalue weighted by Gasteiger charge is -2.05. The van der Waals surface area contributed by atoms with Crippen LogP contribution in [0.3, 0.4) is 0 Å². The first-order valence-corrected chi connectivity index (χ1v) is 4.26. The van der Waals surface area contributed by atoms with Gasteiger partial charge in [-0.2, -0.15) is 15.8 Å². The third-order valence-corrected chi connectivity index (χ3v) is 1.68. The molecule has 74 valence electrons. The van der Waals surface area contributed by atoms with E-state index in [-0.39, 0.29) is 12.5 Å². The van der Waals surface area contributed by atoms with E-state index in [1.165, 1.54) is 0 Å². The maximum atomic E-state index is 8.69. The summed E-state index contributed by atoms with van der Waals surface area (Å²) in [5.74, 6) is -0.134. The molecule has 0 aliphatic carbocycles. The summed E-state index contributed by atoms with van der Waals surface area (Å²) in [5, 5.41) is 24.8. The molecule has 0 rings (SSSR count). The van der Waals surface area contributed by atoms with Crippen LogP contribution in [0.4, 0.5) is 0 Å². The number of hydrogen-bond acceptors (Lipinski definition) is 5. The van der Waals surface area contributed by atoms with Crippen molar-refractivity contribution >= 4 is 0 Å². The van der Waals surface area contributed by atoms with E-state index in [0.29, 0.717) is 25.9 Å². The number of nitriles is 3. The lowest BCUT2D eigenvalue weighted by atomic mass is 10.0. The Morgan fingerprint density at radius 3 is 2.14 bits per heavy atom. The van der Waals surface area contributed by atoms with Crippen molar-refractivity contribution in [1.29, 1.82) is 15.8 Å². The minimum absolute atomic E-state index is 0.134. The minimum Gasteiger partial charge on any atom is -0.428 e. The van der Waals surface area contributed by atoms with Crippen molar-refractivity contribution < 1.29 is 9.47 Å². The number of ether oxygens (including phenoxy) is 2. The first-order valence-electron chi connectivity index (χ1n) is 4.26. The van der Waals surface area contributed by atoms with E-state index in [1.807, 2.05) is 0 Å². The fourth-order valence-electron chi connectivity index (χ4n) is 0.968. The van der Waals surface area contributed by atoms with Crippen LogP contribution in [0.5, 0.6) is 0 Å². The molecule has 5 heteroatoms. The lowest BCUT2D eigenvalue weighted by Crippen LogP contribution is -2.03. The normalized spacial score (nSPS) is 10.4. The largest absolute Gasteiger partial charge is 0.428 e. The fraction of sp³-hybridized carbons (Fsp3) is 0.667. The van der Waals surface area contributed by atoms with Crippen molar-refractivity contribution in [2.24, 2.45) is 5.92 Å². The molecule has 1 unspecified atom stereocenters. The molecule has 0 aliphatic heterocycles. The van der Waals surface area contributed by atoms with Gasteiger partial charge in [-0.25, -0.2) is 0 Å². The molecule has 0 saturated heterocycles. The summed E-state index contributed by atoms with van der Waals surface area (Å²) in [6.45, 7) is 0.613. The highest BCUT2D eigenvalue weighted by molar-refractivity contribution is 4.82. The summed E-state index contributed by atoms with van der Waals surface area (Å²) >= 11 is 0. The second-order valence-corrected chi connectivity index (χ2v) is 2.64. The van der Waals surface area contributed by atoms with Gasteiger partial charge in [0.25, 0.3) is 12.5 Å². The Morgan fingerprint density at radius 1 is 0.929 bits per heavy atom. The third-order valence-electron chi connectivity index (χ3n) is 1.68. The van der Waals surface area contributed by atoms with Gasteiger partial charge in [-0.1, -0.05) is 0 Å². The van der Waals surface area contributed by atoms with Crippen molar-refractivity contribution in [2.75, 3.05) is 13.2 Å². The van der Waals surface area contributed by atoms with Crippen LogP contribution in [0.1, 0.15) is 19.3 Å². The molecule has 0 saturated carbocycles. The Kier molecular flexibility index (Phi) is 7.90. The Morgan fingerprint density at radius 2 is 1.57 bits per heavy atom. The van der Waals surface area contributed by atoms with Crippen LogP contribution in [0.2, 0.25) is 0 Å². The molecule has 0 N–H and O–H groups in total. The van der Waals surface area contributed by atoms with Crippen LogP contribution in [0, 0.1) is 40.3 Å². The van der Waals surface area contributed by atoms with Gasteiger partial charge in [0.15, 0.2) is 0 Å². The molecule has 0 bridgehead atoms. The summed E-state index contributed by atoms with van der Waals surface area (Å²) in [4.78, 5) is 0. The fourth-order valence-corrected chi connectivity index (χ4v) is 0.968. The Hall–Kier alpha value is -1.93. The molecule has 5 nitrogen and oxygen atoms in total. The quantitative estimate of drug-likeness (QED) is 0.449. The monoisotopic (exact) mass is 193 g/mol. The van der Waals surface area contributed by atoms with Crippen molar-refractivity contribution in [3.05, 3.63) is 0 Å². The van der Waals surface area contributed by atoms with Gasteiger partial charge in [0, 0.05) is 5.92 Å². The molecule has 0 radical (unpaired) electrons. The second kappa shape index (κ2) is 9.16. The standard InChI is InChI=1S/C9H11N3O2/c10-6-9(3-5-14-8-12)2-1-4-13-7-11/h9H,1-5H2. The van der Waals surface area contributed by atoms with E-state index in [2.05, 4.69) is 15.5 Å². The molecular weight excluding hydrogens is 182 g/mol. The molecule has 0 fully saturated rings. The Bertz CT molecular complexity index is 259. The molecule has 0 spiro atoms. The maximum Gasteiger partial charge on any atom is 0.286 e. The van der Waals surface area contributed by atoms with Gasteiger partial charge in [0.2, 0.25) is 0 Å². The third kappa shape index (κ3) is 6.76. The summed E-state index contributed by atoms with van der Waals surface area (Å²) in [6, 6.07) is 2.11. The van der Waals surface area contributed by atoms with Gasteiger partial charge in [-0.3, -0.25) is 0 Å². The van der Waals surface area contributed by atoms with E-state index in [0.717, 1.165) is 0 Å². The predicted molar refractivity (Wildman–Crippen MR) is 46.1 cm³/mol. The number of hydrogen-bond donors (Lipinski definition) is 0. The second-order valence-electron chi connectivity index (χ2n) is 2.64. The van der Waals surface area contributed by atoms with Crippen molar-refractivity contribution in [1.82, 2.24) is 0 Å². The highest BCUT2D eigenvalue weighted by atomic mass is 16.5. The summed E-state index contributed by atoms with van der Waals surface area (Å²) in [5.41, 5.74) is 0. The molecule has 0 aromatic rings. The number of rotatable bonds is 7. The first kappa shape index (κ1) is 12.1. The van der Waals surface area contributed by atoms with Crippen LogP contribution in [-0.2, 0) is 9.47 Å². The van der Waals surface area contributed by atoms with Crippen LogP contribution >= 0.6 is 0 Å². The average molecular weight is 193 g/mol. The van der Waals surface area contributed by atoms with Crippen molar-refractivity contribution in [2.45, 2.75) is 19.3 Å². The first-order chi connectivity index (χ1) is 6.85. The zero-order valence-electron chi connectivity index (χ0n) is 7.77. The molecular formula is C9H11N3O2. The van der Waals surface area contributed by atoms with E-state index in [9.17, 15) is 0 Å². The SMILES string of the molecule is N#COCCCC(C#N)CCOC#N. The molecule has 0 heterocycles. The zero-order chi connectivity index (χ0) is 10.6. The van der Waals surface area contributed by atoms with Crippen molar-refractivity contribution in [3.63, 3.8) is 0 Å². The van der Waals surface area contributed by atoms with E-state index in [1.54, 1.807) is 12.5 Å². The van der Waals surface area contributed by atoms with E-state index in [4.69, 9.17) is 15.8 Å². The molecule has 1 atom stereocenters. The van der Waals surface area contributed by atoms with Gasteiger partial charge < -0.3 is 9.47 Å². The summed E-state index contributed by atoms with van der Waals surface area (Å²) in [7, 11) is 0. The molecule has 0 aromatic heterocycles. The van der Waals surface area contributed by atoms with Crippen LogP contribution in [-0.4, -0.2) is 13.2 Å². The zero-order valence-corrected chi connectivity index (χ0v) is 7.77.